The van der Waals surface area contributed by atoms with Crippen LogP contribution in [0.4, 0.5) is 0 Å². The Hall–Kier alpha value is -1.47. The maximum atomic E-state index is 5.20. The molecule has 92 valence electrons. The van der Waals surface area contributed by atoms with Gasteiger partial charge in [-0.3, -0.25) is 14.3 Å². The molecule has 7 heteroatoms. The molecule has 0 aliphatic carbocycles. The first-order chi connectivity index (χ1) is 8.26. The number of aromatic amines is 1. The maximum absolute atomic E-state index is 5.20. The van der Waals surface area contributed by atoms with Gasteiger partial charge >= 0.3 is 0 Å². The highest BCUT2D eigenvalue weighted by Gasteiger charge is 2.08. The first kappa shape index (κ1) is 12.0. The minimum Gasteiger partial charge on any atom is -0.383 e. The van der Waals surface area contributed by atoms with E-state index in [1.807, 2.05) is 22.4 Å². The van der Waals surface area contributed by atoms with Crippen LogP contribution in [0.15, 0.2) is 12.4 Å². The number of hydrogen-bond acceptors (Lipinski definition) is 4. The monoisotopic (exact) mass is 253 g/mol. The molecule has 0 spiro atoms. The molecule has 0 fully saturated rings. The molecule has 2 aromatic heterocycles. The van der Waals surface area contributed by atoms with E-state index in [9.17, 15) is 0 Å². The van der Waals surface area contributed by atoms with Crippen molar-refractivity contribution in [2.24, 2.45) is 0 Å². The van der Waals surface area contributed by atoms with Crippen LogP contribution in [0.3, 0.4) is 0 Å². The molecular formula is C10H15N5OS. The van der Waals surface area contributed by atoms with E-state index in [0.717, 1.165) is 24.5 Å². The Morgan fingerprint density at radius 2 is 2.35 bits per heavy atom. The van der Waals surface area contributed by atoms with Crippen molar-refractivity contribution in [2.45, 2.75) is 19.9 Å². The molecule has 2 rings (SSSR count). The fourth-order valence-corrected chi connectivity index (χ4v) is 1.86. The van der Waals surface area contributed by atoms with Crippen molar-refractivity contribution in [3.8, 4) is 5.69 Å². The minimum atomic E-state index is 0.591. The van der Waals surface area contributed by atoms with Crippen molar-refractivity contribution in [3.05, 3.63) is 23.0 Å². The highest BCUT2D eigenvalue weighted by Crippen LogP contribution is 2.10. The van der Waals surface area contributed by atoms with Gasteiger partial charge in [-0.15, -0.1) is 0 Å². The van der Waals surface area contributed by atoms with Gasteiger partial charge in [0.2, 0.25) is 0 Å². The van der Waals surface area contributed by atoms with Crippen LogP contribution in [-0.4, -0.2) is 38.3 Å². The lowest BCUT2D eigenvalue weighted by Crippen LogP contribution is -2.04. The van der Waals surface area contributed by atoms with Gasteiger partial charge in [-0.25, -0.2) is 0 Å². The molecule has 0 unspecified atom stereocenters. The Bertz CT molecular complexity index is 541. The Balaban J connectivity index is 2.30. The number of rotatable bonds is 5. The molecule has 0 radical (unpaired) electrons. The molecule has 0 aliphatic rings. The topological polar surface area (TPSA) is 60.7 Å². The van der Waals surface area contributed by atoms with E-state index in [1.165, 1.54) is 0 Å². The van der Waals surface area contributed by atoms with Crippen LogP contribution >= 0.6 is 12.2 Å². The van der Waals surface area contributed by atoms with Crippen molar-refractivity contribution < 1.29 is 4.74 Å². The summed E-state index contributed by atoms with van der Waals surface area (Å²) in [6, 6.07) is 0. The number of methoxy groups -OCH3 is 1. The van der Waals surface area contributed by atoms with Crippen molar-refractivity contribution in [1.82, 2.24) is 24.5 Å². The number of H-pyrrole nitrogens is 1. The van der Waals surface area contributed by atoms with Crippen molar-refractivity contribution in [2.75, 3.05) is 13.7 Å². The third-order valence-corrected chi connectivity index (χ3v) is 2.73. The van der Waals surface area contributed by atoms with Crippen LogP contribution in [0.2, 0.25) is 0 Å². The number of aryl methyl sites for hydroxylation is 1. The van der Waals surface area contributed by atoms with Crippen LogP contribution < -0.4 is 0 Å². The molecule has 0 bridgehead atoms. The Morgan fingerprint density at radius 3 is 3.06 bits per heavy atom. The summed E-state index contributed by atoms with van der Waals surface area (Å²) >= 11 is 5.20. The molecule has 0 atom stereocenters. The van der Waals surface area contributed by atoms with E-state index in [-0.39, 0.29) is 0 Å². The Labute approximate surface area is 104 Å². The lowest BCUT2D eigenvalue weighted by molar-refractivity contribution is 0.183. The van der Waals surface area contributed by atoms with Gasteiger partial charge in [0.15, 0.2) is 4.77 Å². The molecule has 6 nitrogen and oxygen atoms in total. The third kappa shape index (κ3) is 2.45. The summed E-state index contributed by atoms with van der Waals surface area (Å²) in [6.07, 6.45) is 4.53. The molecule has 0 aromatic carbocycles. The molecule has 0 aliphatic heterocycles. The summed E-state index contributed by atoms with van der Waals surface area (Å²) in [5.41, 5.74) is 0.928. The summed E-state index contributed by atoms with van der Waals surface area (Å²) in [7, 11) is 1.67. The molecule has 2 aromatic rings. The molecule has 17 heavy (non-hydrogen) atoms. The number of ether oxygens (including phenoxy) is 1. The maximum Gasteiger partial charge on any atom is 0.199 e. The molecular weight excluding hydrogens is 238 g/mol. The molecule has 2 heterocycles. The standard InChI is InChI=1S/C10H15N5OS/c1-3-9-12-13-10(17)15(9)8-6-11-14(7-8)4-5-16-2/h6-7H,3-5H2,1-2H3,(H,13,17). The van der Waals surface area contributed by atoms with E-state index in [4.69, 9.17) is 17.0 Å². The zero-order chi connectivity index (χ0) is 12.3. The Kier molecular flexibility index (Phi) is 3.70. The lowest BCUT2D eigenvalue weighted by Gasteiger charge is -2.01. The highest BCUT2D eigenvalue weighted by atomic mass is 32.1. The summed E-state index contributed by atoms with van der Waals surface area (Å²) in [6.45, 7) is 3.40. The summed E-state index contributed by atoms with van der Waals surface area (Å²) in [5.74, 6) is 0.904. The largest absolute Gasteiger partial charge is 0.383 e. The zero-order valence-electron chi connectivity index (χ0n) is 9.88. The second-order valence-electron chi connectivity index (χ2n) is 3.59. The zero-order valence-corrected chi connectivity index (χ0v) is 10.7. The minimum absolute atomic E-state index is 0.591. The number of hydrogen-bond donors (Lipinski definition) is 1. The quantitative estimate of drug-likeness (QED) is 0.817. The Morgan fingerprint density at radius 1 is 1.53 bits per heavy atom. The van der Waals surface area contributed by atoms with Crippen LogP contribution in [-0.2, 0) is 17.7 Å². The fourth-order valence-electron chi connectivity index (χ4n) is 1.61. The number of nitrogens with one attached hydrogen (secondary N) is 1. The summed E-state index contributed by atoms with van der Waals surface area (Å²) in [5, 5.41) is 11.2. The first-order valence-electron chi connectivity index (χ1n) is 5.44. The lowest BCUT2D eigenvalue weighted by atomic mass is 10.4. The molecule has 0 saturated heterocycles. The first-order valence-corrected chi connectivity index (χ1v) is 5.85. The third-order valence-electron chi connectivity index (χ3n) is 2.46. The van der Waals surface area contributed by atoms with Crippen molar-refractivity contribution in [1.29, 1.82) is 0 Å². The van der Waals surface area contributed by atoms with Crippen LogP contribution in [0.25, 0.3) is 5.69 Å². The average Bonchev–Trinajstić information content (AvgIpc) is 2.92. The SMILES string of the molecule is CCc1n[nH]c(=S)n1-c1cnn(CCOC)c1. The van der Waals surface area contributed by atoms with Gasteiger partial charge < -0.3 is 4.74 Å². The predicted octanol–water partition coefficient (Wildman–Crippen LogP) is 1.34. The molecule has 0 saturated carbocycles. The van der Waals surface area contributed by atoms with E-state index in [0.29, 0.717) is 11.4 Å². The van der Waals surface area contributed by atoms with Gasteiger partial charge in [0.25, 0.3) is 0 Å². The van der Waals surface area contributed by atoms with Crippen LogP contribution in [0, 0.1) is 4.77 Å². The van der Waals surface area contributed by atoms with Gasteiger partial charge in [0.1, 0.15) is 5.82 Å². The number of aromatic nitrogens is 5. The van der Waals surface area contributed by atoms with Crippen molar-refractivity contribution in [3.63, 3.8) is 0 Å². The van der Waals surface area contributed by atoms with E-state index >= 15 is 0 Å². The fraction of sp³-hybridized carbons (Fsp3) is 0.500. The van der Waals surface area contributed by atoms with Gasteiger partial charge in [0, 0.05) is 19.7 Å². The van der Waals surface area contributed by atoms with Crippen molar-refractivity contribution >= 4 is 12.2 Å². The average molecular weight is 253 g/mol. The second kappa shape index (κ2) is 5.24. The smallest absolute Gasteiger partial charge is 0.199 e. The van der Waals surface area contributed by atoms with Gasteiger partial charge in [-0.1, -0.05) is 6.92 Å². The summed E-state index contributed by atoms with van der Waals surface area (Å²) in [4.78, 5) is 0. The van der Waals surface area contributed by atoms with E-state index in [2.05, 4.69) is 15.3 Å². The van der Waals surface area contributed by atoms with E-state index < -0.39 is 0 Å². The molecule has 1 N–H and O–H groups in total. The van der Waals surface area contributed by atoms with Gasteiger partial charge in [-0.2, -0.15) is 10.2 Å². The molecule has 0 amide bonds. The van der Waals surface area contributed by atoms with E-state index in [1.54, 1.807) is 13.3 Å². The normalized spacial score (nSPS) is 10.9. The predicted molar refractivity (Wildman–Crippen MR) is 65.8 cm³/mol. The summed E-state index contributed by atoms with van der Waals surface area (Å²) < 4.78 is 9.32. The second-order valence-corrected chi connectivity index (χ2v) is 3.98. The highest BCUT2D eigenvalue weighted by molar-refractivity contribution is 7.71. The van der Waals surface area contributed by atoms with Gasteiger partial charge in [0.05, 0.1) is 25.0 Å². The van der Waals surface area contributed by atoms with Crippen LogP contribution in [0.5, 0.6) is 0 Å². The number of nitrogens with zero attached hydrogens (tertiary/aromatic N) is 4. The van der Waals surface area contributed by atoms with Crippen LogP contribution in [0.1, 0.15) is 12.7 Å². The van der Waals surface area contributed by atoms with Gasteiger partial charge in [-0.05, 0) is 12.2 Å².